The molecule has 0 heterocycles. The number of hydrogen-bond donors (Lipinski definition) is 0. The van der Waals surface area contributed by atoms with Gasteiger partial charge in [-0.25, -0.2) is 4.79 Å². The van der Waals surface area contributed by atoms with Gasteiger partial charge in [0, 0.05) is 6.07 Å². The van der Waals surface area contributed by atoms with Crippen LogP contribution in [0.5, 0.6) is 11.5 Å². The van der Waals surface area contributed by atoms with Crippen molar-refractivity contribution >= 4 is 5.97 Å². The van der Waals surface area contributed by atoms with Crippen LogP contribution in [0.1, 0.15) is 20.8 Å². The second kappa shape index (κ2) is 8.43. The molecule has 20 heavy (non-hydrogen) atoms. The lowest BCUT2D eigenvalue weighted by molar-refractivity contribution is -0.159. The summed E-state index contributed by atoms with van der Waals surface area (Å²) in [6.45, 7) is 7.47. The van der Waals surface area contributed by atoms with Crippen molar-refractivity contribution in [1.82, 2.24) is 4.90 Å². The van der Waals surface area contributed by atoms with Crippen LogP contribution in [0.4, 0.5) is 0 Å². The largest absolute Gasteiger partial charge is 0.497 e. The van der Waals surface area contributed by atoms with E-state index in [2.05, 4.69) is 0 Å². The van der Waals surface area contributed by atoms with Gasteiger partial charge in [-0.3, -0.25) is 4.90 Å². The predicted octanol–water partition coefficient (Wildman–Crippen LogP) is 2.30. The number of methoxy groups -OCH3 is 1. The maximum Gasteiger partial charge on any atom is 0.345 e. The van der Waals surface area contributed by atoms with Crippen LogP contribution in [-0.4, -0.2) is 43.9 Å². The molecule has 5 nitrogen and oxygen atoms in total. The Morgan fingerprint density at radius 2 is 1.90 bits per heavy atom. The molecule has 5 heteroatoms. The van der Waals surface area contributed by atoms with Crippen LogP contribution in [0.15, 0.2) is 24.3 Å². The summed E-state index contributed by atoms with van der Waals surface area (Å²) >= 11 is 0. The maximum atomic E-state index is 11.7. The molecule has 0 aliphatic heterocycles. The molecule has 0 amide bonds. The van der Waals surface area contributed by atoms with E-state index in [1.54, 1.807) is 25.3 Å². The zero-order valence-electron chi connectivity index (χ0n) is 12.6. The average Bonchev–Trinajstić information content (AvgIpc) is 2.46. The summed E-state index contributed by atoms with van der Waals surface area (Å²) in [7, 11) is 1.58. The van der Waals surface area contributed by atoms with Crippen LogP contribution in [0, 0.1) is 0 Å². The van der Waals surface area contributed by atoms with Crippen molar-refractivity contribution in [1.29, 1.82) is 0 Å². The predicted molar refractivity (Wildman–Crippen MR) is 77.0 cm³/mol. The number of nitrogens with zero attached hydrogens (tertiary/aromatic N) is 1. The number of esters is 1. The van der Waals surface area contributed by atoms with E-state index in [1.165, 1.54) is 0 Å². The van der Waals surface area contributed by atoms with Crippen molar-refractivity contribution in [2.24, 2.45) is 0 Å². The normalized spacial score (nSPS) is 12.1. The fourth-order valence-electron chi connectivity index (χ4n) is 1.87. The van der Waals surface area contributed by atoms with Crippen LogP contribution in [0.2, 0.25) is 0 Å². The number of rotatable bonds is 8. The third-order valence-corrected chi connectivity index (χ3v) is 3.03. The van der Waals surface area contributed by atoms with E-state index in [9.17, 15) is 4.79 Å². The molecule has 0 saturated carbocycles. The first-order chi connectivity index (χ1) is 9.60. The molecule has 0 radical (unpaired) electrons. The van der Waals surface area contributed by atoms with E-state index in [1.807, 2.05) is 31.7 Å². The Labute approximate surface area is 120 Å². The van der Waals surface area contributed by atoms with Gasteiger partial charge in [0.1, 0.15) is 11.5 Å². The van der Waals surface area contributed by atoms with Crippen LogP contribution in [-0.2, 0) is 9.53 Å². The molecular weight excluding hydrogens is 258 g/mol. The summed E-state index contributed by atoms with van der Waals surface area (Å²) in [5.74, 6) is 0.886. The SMILES string of the molecule is CCN(CC)C(C)OC(=O)COc1cccc(OC)c1. The van der Waals surface area contributed by atoms with Gasteiger partial charge in [-0.15, -0.1) is 0 Å². The van der Waals surface area contributed by atoms with Crippen molar-refractivity contribution in [2.45, 2.75) is 27.0 Å². The molecule has 0 bridgehead atoms. The van der Waals surface area contributed by atoms with Gasteiger partial charge in [-0.05, 0) is 32.1 Å². The van der Waals surface area contributed by atoms with Crippen LogP contribution in [0.25, 0.3) is 0 Å². The Hall–Kier alpha value is -1.75. The van der Waals surface area contributed by atoms with Gasteiger partial charge in [0.05, 0.1) is 7.11 Å². The molecule has 1 unspecified atom stereocenters. The lowest BCUT2D eigenvalue weighted by Crippen LogP contribution is -2.37. The molecule has 0 aromatic heterocycles. The average molecular weight is 281 g/mol. The molecule has 0 N–H and O–H groups in total. The van der Waals surface area contributed by atoms with E-state index in [0.29, 0.717) is 11.5 Å². The topological polar surface area (TPSA) is 48.0 Å². The molecule has 1 aromatic rings. The van der Waals surface area contributed by atoms with Crippen molar-refractivity contribution in [3.05, 3.63) is 24.3 Å². The van der Waals surface area contributed by atoms with Gasteiger partial charge >= 0.3 is 5.97 Å². The number of carbonyl (C=O) groups excluding carboxylic acids is 1. The Bertz CT molecular complexity index is 418. The maximum absolute atomic E-state index is 11.7. The zero-order valence-corrected chi connectivity index (χ0v) is 12.6. The standard InChI is InChI=1S/C15H23NO4/c1-5-16(6-2)12(3)20-15(17)11-19-14-9-7-8-13(10-14)18-4/h7-10,12H,5-6,11H2,1-4H3. The minimum absolute atomic E-state index is 0.112. The molecule has 0 aliphatic rings. The van der Waals surface area contributed by atoms with Crippen LogP contribution in [0.3, 0.4) is 0 Å². The lowest BCUT2D eigenvalue weighted by Gasteiger charge is -2.25. The lowest BCUT2D eigenvalue weighted by atomic mass is 10.3. The molecular formula is C15H23NO4. The van der Waals surface area contributed by atoms with Gasteiger partial charge < -0.3 is 14.2 Å². The molecule has 1 aromatic carbocycles. The highest BCUT2D eigenvalue weighted by molar-refractivity contribution is 5.71. The third-order valence-electron chi connectivity index (χ3n) is 3.03. The van der Waals surface area contributed by atoms with E-state index < -0.39 is 0 Å². The highest BCUT2D eigenvalue weighted by Crippen LogP contribution is 2.18. The second-order valence-electron chi connectivity index (χ2n) is 4.28. The number of carbonyl (C=O) groups is 1. The number of benzene rings is 1. The molecule has 1 atom stereocenters. The van der Waals surface area contributed by atoms with Gasteiger partial charge in [-0.1, -0.05) is 19.9 Å². The first kappa shape index (κ1) is 16.3. The fraction of sp³-hybridized carbons (Fsp3) is 0.533. The summed E-state index contributed by atoms with van der Waals surface area (Å²) in [4.78, 5) is 13.8. The fourth-order valence-corrected chi connectivity index (χ4v) is 1.87. The van der Waals surface area contributed by atoms with Crippen LogP contribution < -0.4 is 9.47 Å². The molecule has 0 spiro atoms. The van der Waals surface area contributed by atoms with Crippen molar-refractivity contribution in [2.75, 3.05) is 26.8 Å². The van der Waals surface area contributed by atoms with Crippen molar-refractivity contribution in [3.8, 4) is 11.5 Å². The third kappa shape index (κ3) is 5.09. The van der Waals surface area contributed by atoms with Gasteiger partial charge in [0.15, 0.2) is 12.8 Å². The van der Waals surface area contributed by atoms with E-state index in [0.717, 1.165) is 13.1 Å². The van der Waals surface area contributed by atoms with Gasteiger partial charge in [-0.2, -0.15) is 0 Å². The molecule has 0 saturated heterocycles. The Kier molecular flexibility index (Phi) is 6.87. The van der Waals surface area contributed by atoms with Crippen LogP contribution >= 0.6 is 0 Å². The summed E-state index contributed by atoms with van der Waals surface area (Å²) in [5.41, 5.74) is 0. The first-order valence-electron chi connectivity index (χ1n) is 6.81. The highest BCUT2D eigenvalue weighted by Gasteiger charge is 2.15. The minimum atomic E-state index is -0.382. The summed E-state index contributed by atoms with van der Waals surface area (Å²) in [6.07, 6.45) is -0.244. The summed E-state index contributed by atoms with van der Waals surface area (Å²) < 4.78 is 15.8. The molecule has 0 fully saturated rings. The number of ether oxygens (including phenoxy) is 3. The Morgan fingerprint density at radius 3 is 2.50 bits per heavy atom. The molecule has 112 valence electrons. The smallest absolute Gasteiger partial charge is 0.345 e. The van der Waals surface area contributed by atoms with E-state index >= 15 is 0 Å². The summed E-state index contributed by atoms with van der Waals surface area (Å²) in [6, 6.07) is 7.11. The quantitative estimate of drug-likeness (QED) is 0.540. The minimum Gasteiger partial charge on any atom is -0.497 e. The highest BCUT2D eigenvalue weighted by atomic mass is 16.6. The Morgan fingerprint density at radius 1 is 1.25 bits per heavy atom. The number of hydrogen-bond acceptors (Lipinski definition) is 5. The summed E-state index contributed by atoms with van der Waals surface area (Å²) in [5, 5.41) is 0. The monoisotopic (exact) mass is 281 g/mol. The van der Waals surface area contributed by atoms with E-state index in [4.69, 9.17) is 14.2 Å². The zero-order chi connectivity index (χ0) is 15.0. The second-order valence-corrected chi connectivity index (χ2v) is 4.28. The molecule has 0 aliphatic carbocycles. The first-order valence-corrected chi connectivity index (χ1v) is 6.81. The van der Waals surface area contributed by atoms with Gasteiger partial charge in [0.25, 0.3) is 0 Å². The van der Waals surface area contributed by atoms with Gasteiger partial charge in [0.2, 0.25) is 0 Å². The molecule has 1 rings (SSSR count). The van der Waals surface area contributed by atoms with E-state index in [-0.39, 0.29) is 18.8 Å². The van der Waals surface area contributed by atoms with Crippen molar-refractivity contribution in [3.63, 3.8) is 0 Å². The van der Waals surface area contributed by atoms with Crippen molar-refractivity contribution < 1.29 is 19.0 Å². The Balaban J connectivity index is 2.42.